The molecule has 1 aromatic carbocycles. The Balaban J connectivity index is 2.18. The van der Waals surface area contributed by atoms with Gasteiger partial charge in [-0.3, -0.25) is 0 Å². The standard InChI is InChI=1S/C28H43BrO3Si2/c1-18-16-19(32-34(10,11)28(5,6)7)17-21-23(18)25(24(30)20-14-12-13-15-22(20)29)31-26(21)33(8,9)27(2,3)4/h12-16,19,24,30H,17H2,1-11H3. The first kappa shape index (κ1) is 27.7. The Kier molecular flexibility index (Phi) is 7.47. The minimum absolute atomic E-state index is 0.0305. The molecule has 6 heteroatoms. The predicted molar refractivity (Wildman–Crippen MR) is 153 cm³/mol. The van der Waals surface area contributed by atoms with Gasteiger partial charge in [-0.05, 0) is 47.3 Å². The first-order valence-corrected chi connectivity index (χ1v) is 19.0. The zero-order valence-corrected chi connectivity index (χ0v) is 26.5. The van der Waals surface area contributed by atoms with Crippen LogP contribution in [0.1, 0.15) is 77.0 Å². The van der Waals surface area contributed by atoms with Crippen LogP contribution in [0.25, 0.3) is 5.57 Å². The number of hydrogen-bond donors (Lipinski definition) is 1. The molecule has 3 nitrogen and oxygen atoms in total. The Hall–Kier alpha value is -0.926. The molecule has 0 amide bonds. The third kappa shape index (κ3) is 4.99. The van der Waals surface area contributed by atoms with Crippen LogP contribution in [0.2, 0.25) is 36.3 Å². The Labute approximate surface area is 217 Å². The second-order valence-corrected chi connectivity index (χ2v) is 23.7. The molecule has 2 unspecified atom stereocenters. The Bertz CT molecular complexity index is 1080. The highest BCUT2D eigenvalue weighted by molar-refractivity contribution is 9.10. The largest absolute Gasteiger partial charge is 0.467 e. The summed E-state index contributed by atoms with van der Waals surface area (Å²) in [6.07, 6.45) is 2.25. The highest BCUT2D eigenvalue weighted by Crippen LogP contribution is 2.44. The van der Waals surface area contributed by atoms with Gasteiger partial charge in [-0.25, -0.2) is 0 Å². The minimum Gasteiger partial charge on any atom is -0.467 e. The van der Waals surface area contributed by atoms with E-state index in [-0.39, 0.29) is 16.2 Å². The lowest BCUT2D eigenvalue weighted by atomic mass is 9.90. The maximum atomic E-state index is 11.5. The van der Waals surface area contributed by atoms with Crippen molar-refractivity contribution in [2.24, 2.45) is 0 Å². The molecule has 2 atom stereocenters. The summed E-state index contributed by atoms with van der Waals surface area (Å²) in [5.74, 6) is 0.668. The normalized spacial score (nSPS) is 18.5. The summed E-state index contributed by atoms with van der Waals surface area (Å²) in [4.78, 5) is 0. The van der Waals surface area contributed by atoms with Gasteiger partial charge >= 0.3 is 0 Å². The van der Waals surface area contributed by atoms with Crippen molar-refractivity contribution in [1.82, 2.24) is 0 Å². The van der Waals surface area contributed by atoms with E-state index in [4.69, 9.17) is 8.84 Å². The van der Waals surface area contributed by atoms with E-state index in [0.717, 1.165) is 33.0 Å². The van der Waals surface area contributed by atoms with Crippen molar-refractivity contribution in [3.63, 3.8) is 0 Å². The van der Waals surface area contributed by atoms with Gasteiger partial charge in [0.25, 0.3) is 0 Å². The van der Waals surface area contributed by atoms with Crippen molar-refractivity contribution in [1.29, 1.82) is 0 Å². The van der Waals surface area contributed by atoms with Crippen molar-refractivity contribution in [2.45, 2.75) is 103 Å². The fourth-order valence-electron chi connectivity index (χ4n) is 4.24. The van der Waals surface area contributed by atoms with Gasteiger partial charge in [0.15, 0.2) is 8.32 Å². The van der Waals surface area contributed by atoms with Gasteiger partial charge in [0, 0.05) is 22.0 Å². The van der Waals surface area contributed by atoms with Crippen molar-refractivity contribution in [3.05, 3.63) is 57.3 Å². The van der Waals surface area contributed by atoms with E-state index < -0.39 is 22.5 Å². The number of halogens is 1. The van der Waals surface area contributed by atoms with Crippen LogP contribution in [-0.2, 0) is 10.8 Å². The molecule has 1 N–H and O–H groups in total. The number of hydrogen-bond acceptors (Lipinski definition) is 3. The number of rotatable bonds is 5. The third-order valence-electron chi connectivity index (χ3n) is 8.41. The van der Waals surface area contributed by atoms with Crippen molar-refractivity contribution < 1.29 is 13.9 Å². The van der Waals surface area contributed by atoms with Crippen LogP contribution in [0.3, 0.4) is 0 Å². The first-order chi connectivity index (χ1) is 15.4. The molecular formula is C28H43BrO3Si2. The van der Waals surface area contributed by atoms with Gasteiger partial charge in [-0.2, -0.15) is 0 Å². The highest BCUT2D eigenvalue weighted by atomic mass is 79.9. The lowest BCUT2D eigenvalue weighted by molar-refractivity contribution is 0.190. The quantitative estimate of drug-likeness (QED) is 0.373. The molecule has 0 spiro atoms. The number of benzene rings is 1. The minimum atomic E-state index is -2.02. The summed E-state index contributed by atoms with van der Waals surface area (Å²) in [7, 11) is -3.95. The first-order valence-electron chi connectivity index (χ1n) is 12.3. The highest BCUT2D eigenvalue weighted by Gasteiger charge is 2.46. The van der Waals surface area contributed by atoms with Crippen LogP contribution in [0.4, 0.5) is 0 Å². The maximum Gasteiger partial charge on any atom is 0.192 e. The van der Waals surface area contributed by atoms with Crippen LogP contribution >= 0.6 is 15.9 Å². The fraction of sp³-hybridized carbons (Fsp3) is 0.571. The molecule has 34 heavy (non-hydrogen) atoms. The second kappa shape index (κ2) is 9.18. The van der Waals surface area contributed by atoms with Crippen molar-refractivity contribution in [2.75, 3.05) is 0 Å². The van der Waals surface area contributed by atoms with E-state index in [2.05, 4.69) is 96.7 Å². The molecule has 0 fully saturated rings. The molecule has 1 aromatic heterocycles. The Morgan fingerprint density at radius 3 is 2.15 bits per heavy atom. The zero-order valence-electron chi connectivity index (χ0n) is 22.9. The summed E-state index contributed by atoms with van der Waals surface area (Å²) >= 11 is 3.62. The lowest BCUT2D eigenvalue weighted by Gasteiger charge is -2.40. The van der Waals surface area contributed by atoms with E-state index in [9.17, 15) is 5.11 Å². The van der Waals surface area contributed by atoms with E-state index >= 15 is 0 Å². The third-order valence-corrected chi connectivity index (χ3v) is 18.9. The molecule has 0 saturated heterocycles. The molecule has 0 radical (unpaired) electrons. The summed E-state index contributed by atoms with van der Waals surface area (Å²) in [6, 6.07) is 7.85. The molecule has 1 aliphatic carbocycles. The van der Waals surface area contributed by atoms with Gasteiger partial charge < -0.3 is 13.9 Å². The van der Waals surface area contributed by atoms with E-state index in [1.54, 1.807) is 0 Å². The smallest absolute Gasteiger partial charge is 0.192 e. The fourth-order valence-corrected chi connectivity index (χ4v) is 8.03. The van der Waals surface area contributed by atoms with Gasteiger partial charge in [0.05, 0.1) is 11.5 Å². The number of allylic oxidation sites excluding steroid dienone is 1. The van der Waals surface area contributed by atoms with E-state index in [0.29, 0.717) is 5.76 Å². The molecule has 0 aliphatic heterocycles. The molecule has 0 bridgehead atoms. The molecule has 1 heterocycles. The summed E-state index contributed by atoms with van der Waals surface area (Å²) in [5, 5.41) is 12.9. The predicted octanol–water partition coefficient (Wildman–Crippen LogP) is 8.19. The molecule has 188 valence electrons. The Morgan fingerprint density at radius 1 is 1.03 bits per heavy atom. The number of fused-ring (bicyclic) bond motifs is 1. The lowest BCUT2D eigenvalue weighted by Crippen LogP contribution is -2.51. The van der Waals surface area contributed by atoms with Gasteiger partial charge in [-0.1, -0.05) is 94.8 Å². The van der Waals surface area contributed by atoms with Gasteiger partial charge in [-0.15, -0.1) is 0 Å². The monoisotopic (exact) mass is 562 g/mol. The zero-order chi connectivity index (χ0) is 25.9. The van der Waals surface area contributed by atoms with Crippen LogP contribution < -0.4 is 5.38 Å². The van der Waals surface area contributed by atoms with Gasteiger partial charge in [0.2, 0.25) is 0 Å². The average Bonchev–Trinajstić information content (AvgIpc) is 3.06. The summed E-state index contributed by atoms with van der Waals surface area (Å²) in [6.45, 7) is 25.3. The van der Waals surface area contributed by atoms with Crippen LogP contribution in [0.15, 0.2) is 39.2 Å². The van der Waals surface area contributed by atoms with Crippen LogP contribution in [0, 0.1) is 0 Å². The van der Waals surface area contributed by atoms with Crippen molar-refractivity contribution >= 4 is 43.3 Å². The number of furan rings is 1. The summed E-state index contributed by atoms with van der Waals surface area (Å²) in [5.41, 5.74) is 4.29. The number of aliphatic hydroxyl groups excluding tert-OH is 1. The van der Waals surface area contributed by atoms with E-state index in [1.165, 1.54) is 5.56 Å². The SMILES string of the molecule is CC1=CC(O[Si](C)(C)C(C)(C)C)Cc2c([Si](C)(C)C(C)(C)C)oc(C(O)c3ccccc3Br)c21. The van der Waals surface area contributed by atoms with Crippen molar-refractivity contribution in [3.8, 4) is 0 Å². The molecule has 1 aliphatic rings. The molecule has 0 saturated carbocycles. The summed E-state index contributed by atoms with van der Waals surface area (Å²) < 4.78 is 14.5. The van der Waals surface area contributed by atoms with Gasteiger partial charge in [0.1, 0.15) is 19.9 Å². The molecule has 3 rings (SSSR count). The molecule has 2 aromatic rings. The van der Waals surface area contributed by atoms with E-state index in [1.807, 2.05) is 24.3 Å². The second-order valence-electron chi connectivity index (χ2n) is 12.9. The molecular weight excluding hydrogens is 520 g/mol. The average molecular weight is 564 g/mol. The van der Waals surface area contributed by atoms with Crippen LogP contribution in [0.5, 0.6) is 0 Å². The van der Waals surface area contributed by atoms with Crippen LogP contribution in [-0.4, -0.2) is 27.6 Å². The Morgan fingerprint density at radius 2 is 1.62 bits per heavy atom. The maximum absolute atomic E-state index is 11.5. The number of aliphatic hydroxyl groups is 1. The topological polar surface area (TPSA) is 42.6 Å².